The molecule has 0 aliphatic carbocycles. The third kappa shape index (κ3) is 3.52. The van der Waals surface area contributed by atoms with E-state index in [-0.39, 0.29) is 36.0 Å². The Morgan fingerprint density at radius 2 is 1.72 bits per heavy atom. The minimum atomic E-state index is -3.82. The average molecular weight is 475 g/mol. The number of hydrogen-bond donors (Lipinski definition) is 0. The topological polar surface area (TPSA) is 66.9 Å². The molecule has 32 heavy (non-hydrogen) atoms. The summed E-state index contributed by atoms with van der Waals surface area (Å²) < 4.78 is 47.6. The Morgan fingerprint density at radius 3 is 2.47 bits per heavy atom. The summed E-state index contributed by atoms with van der Waals surface area (Å²) in [6.45, 7) is 0.646. The van der Waals surface area contributed by atoms with Gasteiger partial charge in [0.1, 0.15) is 12.4 Å². The fraction of sp³-hybridized carbons (Fsp3) is 0.261. The van der Waals surface area contributed by atoms with Crippen LogP contribution in [0.15, 0.2) is 59.5 Å². The van der Waals surface area contributed by atoms with Gasteiger partial charge in [0.25, 0.3) is 0 Å². The summed E-state index contributed by atoms with van der Waals surface area (Å²) in [7, 11) is -3.82. The van der Waals surface area contributed by atoms with Crippen LogP contribution in [0.4, 0.5) is 14.9 Å². The monoisotopic (exact) mass is 474 g/mol. The van der Waals surface area contributed by atoms with E-state index >= 15 is 0 Å². The molecule has 3 aromatic rings. The van der Waals surface area contributed by atoms with Crippen LogP contribution >= 0.6 is 11.6 Å². The molecule has 0 N–H and O–H groups in total. The van der Waals surface area contributed by atoms with Crippen LogP contribution < -0.4 is 4.90 Å². The van der Waals surface area contributed by atoms with E-state index in [1.165, 1.54) is 16.4 Å². The van der Waals surface area contributed by atoms with E-state index in [0.29, 0.717) is 23.3 Å². The van der Waals surface area contributed by atoms with Crippen molar-refractivity contribution in [1.82, 2.24) is 4.31 Å². The van der Waals surface area contributed by atoms with Crippen molar-refractivity contribution in [2.24, 2.45) is 0 Å². The molecular formula is C23H20ClFN2O4S. The van der Waals surface area contributed by atoms with E-state index in [1.807, 2.05) is 0 Å². The SMILES string of the molecule is O=C1OCc2cc(Cl)ccc2N1C1CCN(S(=O)(=O)c2ccc(F)c3ccccc23)CC1. The van der Waals surface area contributed by atoms with Crippen LogP contribution in [-0.4, -0.2) is 37.9 Å². The lowest BCUT2D eigenvalue weighted by molar-refractivity contribution is 0.136. The van der Waals surface area contributed by atoms with Crippen LogP contribution in [0.25, 0.3) is 10.8 Å². The molecule has 0 bridgehead atoms. The summed E-state index contributed by atoms with van der Waals surface area (Å²) in [5.41, 5.74) is 1.57. The minimum absolute atomic E-state index is 0.0883. The van der Waals surface area contributed by atoms with Crippen LogP contribution in [-0.2, 0) is 21.4 Å². The van der Waals surface area contributed by atoms with Gasteiger partial charge in [0, 0.05) is 40.5 Å². The third-order valence-corrected chi connectivity index (χ3v) is 8.28. The van der Waals surface area contributed by atoms with Gasteiger partial charge in [-0.15, -0.1) is 0 Å². The molecule has 0 spiro atoms. The number of carbonyl (C=O) groups excluding carboxylic acids is 1. The van der Waals surface area contributed by atoms with Gasteiger partial charge in [0.15, 0.2) is 0 Å². The maximum Gasteiger partial charge on any atom is 0.414 e. The van der Waals surface area contributed by atoms with Crippen molar-refractivity contribution in [2.45, 2.75) is 30.4 Å². The van der Waals surface area contributed by atoms with Crippen molar-refractivity contribution in [3.63, 3.8) is 0 Å². The molecule has 1 amide bonds. The Bertz CT molecular complexity index is 1320. The van der Waals surface area contributed by atoms with Crippen molar-refractivity contribution in [2.75, 3.05) is 18.0 Å². The molecule has 1 saturated heterocycles. The lowest BCUT2D eigenvalue weighted by Crippen LogP contribution is -2.50. The standard InChI is InChI=1S/C23H20ClFN2O4S/c24-16-5-7-21-15(13-16)14-31-23(28)27(21)17-9-11-26(12-10-17)32(29,30)22-8-6-20(25)18-3-1-2-4-19(18)22/h1-8,13,17H,9-12,14H2. The van der Waals surface area contributed by atoms with Gasteiger partial charge < -0.3 is 4.74 Å². The molecule has 3 aromatic carbocycles. The molecule has 0 unspecified atom stereocenters. The number of fused-ring (bicyclic) bond motifs is 2. The Hall–Kier alpha value is -2.68. The first-order valence-electron chi connectivity index (χ1n) is 10.3. The van der Waals surface area contributed by atoms with Crippen molar-refractivity contribution in [3.05, 3.63) is 71.0 Å². The number of hydrogen-bond acceptors (Lipinski definition) is 4. The largest absolute Gasteiger partial charge is 0.444 e. The number of carbonyl (C=O) groups is 1. The van der Waals surface area contributed by atoms with Gasteiger partial charge in [-0.25, -0.2) is 17.6 Å². The summed E-state index contributed by atoms with van der Waals surface area (Å²) in [4.78, 5) is 14.2. The smallest absolute Gasteiger partial charge is 0.414 e. The molecule has 9 heteroatoms. The highest BCUT2D eigenvalue weighted by Crippen LogP contribution is 2.35. The lowest BCUT2D eigenvalue weighted by atomic mass is 10.0. The number of halogens is 2. The zero-order chi connectivity index (χ0) is 22.5. The second kappa shape index (κ2) is 8.03. The number of amides is 1. The third-order valence-electron chi connectivity index (χ3n) is 6.09. The molecular weight excluding hydrogens is 455 g/mol. The molecule has 2 aliphatic heterocycles. The summed E-state index contributed by atoms with van der Waals surface area (Å²) in [5.74, 6) is -0.458. The number of cyclic esters (lactones) is 1. The van der Waals surface area contributed by atoms with Gasteiger partial charge >= 0.3 is 6.09 Å². The van der Waals surface area contributed by atoms with Crippen LogP contribution in [0.3, 0.4) is 0 Å². The molecule has 5 rings (SSSR count). The number of rotatable bonds is 3. The second-order valence-electron chi connectivity index (χ2n) is 7.92. The Labute approximate surface area is 190 Å². The highest BCUT2D eigenvalue weighted by molar-refractivity contribution is 7.89. The van der Waals surface area contributed by atoms with Gasteiger partial charge in [-0.1, -0.05) is 35.9 Å². The number of nitrogens with zero attached hydrogens (tertiary/aromatic N) is 2. The summed E-state index contributed by atoms with van der Waals surface area (Å²) in [6, 6.07) is 14.2. The summed E-state index contributed by atoms with van der Waals surface area (Å²) in [6.07, 6.45) is 0.469. The van der Waals surface area contributed by atoms with Crippen LogP contribution in [0.5, 0.6) is 0 Å². The van der Waals surface area contributed by atoms with Crippen molar-refractivity contribution in [3.8, 4) is 0 Å². The van der Waals surface area contributed by atoms with E-state index < -0.39 is 21.9 Å². The number of sulfonamides is 1. The van der Waals surface area contributed by atoms with Crippen molar-refractivity contribution in [1.29, 1.82) is 0 Å². The maximum atomic E-state index is 14.2. The molecule has 0 aromatic heterocycles. The van der Waals surface area contributed by atoms with Gasteiger partial charge in [-0.05, 0) is 43.2 Å². The average Bonchev–Trinajstić information content (AvgIpc) is 2.79. The number of anilines is 1. The predicted octanol–water partition coefficient (Wildman–Crippen LogP) is 4.94. The molecule has 166 valence electrons. The first-order valence-corrected chi connectivity index (χ1v) is 12.1. The maximum absolute atomic E-state index is 14.2. The number of ether oxygens (including phenoxy) is 1. The molecule has 0 atom stereocenters. The number of piperidine rings is 1. The summed E-state index contributed by atoms with van der Waals surface area (Å²) >= 11 is 6.07. The van der Waals surface area contributed by atoms with Gasteiger partial charge in [0.05, 0.1) is 10.6 Å². The molecule has 6 nitrogen and oxygen atoms in total. The molecule has 0 radical (unpaired) electrons. The Kier molecular flexibility index (Phi) is 5.31. The predicted molar refractivity (Wildman–Crippen MR) is 120 cm³/mol. The fourth-order valence-electron chi connectivity index (χ4n) is 4.50. The van der Waals surface area contributed by atoms with Crippen LogP contribution in [0.2, 0.25) is 5.02 Å². The molecule has 0 saturated carbocycles. The van der Waals surface area contributed by atoms with Gasteiger partial charge in [0.2, 0.25) is 10.0 Å². The van der Waals surface area contributed by atoms with Gasteiger partial charge in [-0.2, -0.15) is 4.31 Å². The van der Waals surface area contributed by atoms with Crippen molar-refractivity contribution >= 4 is 44.2 Å². The van der Waals surface area contributed by atoms with Gasteiger partial charge in [-0.3, -0.25) is 4.90 Å². The second-order valence-corrected chi connectivity index (χ2v) is 10.3. The molecule has 2 heterocycles. The Balaban J connectivity index is 1.40. The minimum Gasteiger partial charge on any atom is -0.444 e. The highest BCUT2D eigenvalue weighted by atomic mass is 35.5. The Morgan fingerprint density at radius 1 is 1.00 bits per heavy atom. The normalized spacial score (nSPS) is 17.9. The lowest BCUT2D eigenvalue weighted by Gasteiger charge is -2.39. The zero-order valence-corrected chi connectivity index (χ0v) is 18.6. The van der Waals surface area contributed by atoms with E-state index in [1.54, 1.807) is 47.4 Å². The molecule has 2 aliphatic rings. The number of benzene rings is 3. The van der Waals surface area contributed by atoms with Crippen LogP contribution in [0.1, 0.15) is 18.4 Å². The zero-order valence-electron chi connectivity index (χ0n) is 17.0. The van der Waals surface area contributed by atoms with E-state index in [0.717, 1.165) is 11.3 Å². The highest BCUT2D eigenvalue weighted by Gasteiger charge is 2.37. The first-order chi connectivity index (χ1) is 15.4. The van der Waals surface area contributed by atoms with E-state index in [9.17, 15) is 17.6 Å². The van der Waals surface area contributed by atoms with E-state index in [2.05, 4.69) is 0 Å². The fourth-order valence-corrected chi connectivity index (χ4v) is 6.36. The quantitative estimate of drug-likeness (QED) is 0.539. The van der Waals surface area contributed by atoms with Crippen LogP contribution in [0, 0.1) is 5.82 Å². The van der Waals surface area contributed by atoms with E-state index in [4.69, 9.17) is 16.3 Å². The first kappa shape index (κ1) is 21.2. The molecule has 1 fully saturated rings. The van der Waals surface area contributed by atoms with Crippen molar-refractivity contribution < 1.29 is 22.3 Å². The summed E-state index contributed by atoms with van der Waals surface area (Å²) in [5, 5.41) is 1.20.